The molecule has 5 atom stereocenters. The van der Waals surface area contributed by atoms with E-state index >= 15 is 0 Å². The van der Waals surface area contributed by atoms with Crippen LogP contribution in [-0.4, -0.2) is 75.9 Å². The number of hydrogen-bond donors (Lipinski definition) is 3. The lowest BCUT2D eigenvalue weighted by Gasteiger charge is -2.37. The Labute approximate surface area is 319 Å². The standard InChI is InChI=1S/C39H46N3O10PS/c1-7-37(2,3)35(44)54-24-23-50-53(47)51-25-31-33(43)38(4,46)34(52-31)42-22-21-32(40-36(42)45)41-39(26-11-9-8-10-12-26,27-13-17-29(48-5)18-14-27)28-15-19-30(49-6)20-16-28/h8-22,31,33-34,43,46H,7,23-25H2,1-6H3/p+1/t31-,33+,34-,38?/m1/s1. The number of hydrogen-bond acceptors (Lipinski definition) is 13. The number of benzene rings is 3. The molecule has 3 N–H and O–H groups in total. The molecular formula is C39H47N3O10PS+. The summed E-state index contributed by atoms with van der Waals surface area (Å²) in [6, 6.07) is 26.5. The van der Waals surface area contributed by atoms with E-state index in [1.807, 2.05) is 99.6 Å². The number of thioether (sulfide) groups is 1. The van der Waals surface area contributed by atoms with Gasteiger partial charge in [-0.2, -0.15) is 4.98 Å². The fraction of sp³-hybridized carbons (Fsp3) is 0.410. The number of anilines is 1. The third kappa shape index (κ3) is 8.87. The molecule has 0 bridgehead atoms. The number of nitrogens with zero attached hydrogens (tertiary/aromatic N) is 2. The van der Waals surface area contributed by atoms with Gasteiger partial charge in [-0.15, -0.1) is 9.05 Å². The average molecular weight is 781 g/mol. The van der Waals surface area contributed by atoms with E-state index in [1.165, 1.54) is 13.1 Å². The molecule has 5 rings (SSSR count). The molecule has 1 saturated heterocycles. The van der Waals surface area contributed by atoms with Crippen molar-refractivity contribution in [3.8, 4) is 11.5 Å². The van der Waals surface area contributed by atoms with Crippen LogP contribution >= 0.6 is 20.0 Å². The Kier molecular flexibility index (Phi) is 13.3. The third-order valence-electron chi connectivity index (χ3n) is 9.70. The van der Waals surface area contributed by atoms with Gasteiger partial charge < -0.3 is 29.7 Å². The van der Waals surface area contributed by atoms with Gasteiger partial charge in [0.2, 0.25) is 0 Å². The Balaban J connectivity index is 1.36. The highest BCUT2D eigenvalue weighted by molar-refractivity contribution is 8.13. The van der Waals surface area contributed by atoms with Crippen LogP contribution in [0.15, 0.2) is 95.9 Å². The highest BCUT2D eigenvalue weighted by Gasteiger charge is 2.54. The van der Waals surface area contributed by atoms with Gasteiger partial charge in [-0.1, -0.05) is 87.1 Å². The highest BCUT2D eigenvalue weighted by atomic mass is 32.2. The van der Waals surface area contributed by atoms with E-state index in [2.05, 4.69) is 10.3 Å². The Morgan fingerprint density at radius 2 is 1.54 bits per heavy atom. The molecule has 3 aromatic carbocycles. The summed E-state index contributed by atoms with van der Waals surface area (Å²) in [5.41, 5.74) is -1.74. The molecule has 2 heterocycles. The van der Waals surface area contributed by atoms with Crippen molar-refractivity contribution < 1.29 is 42.8 Å². The van der Waals surface area contributed by atoms with Crippen LogP contribution < -0.4 is 20.5 Å². The van der Waals surface area contributed by atoms with Crippen LogP contribution in [0.25, 0.3) is 0 Å². The zero-order valence-corrected chi connectivity index (χ0v) is 32.8. The molecule has 15 heteroatoms. The number of carbonyl (C=O) groups is 1. The molecule has 1 aromatic heterocycles. The minimum atomic E-state index is -2.62. The smallest absolute Gasteiger partial charge is 0.497 e. The van der Waals surface area contributed by atoms with E-state index in [0.29, 0.717) is 23.7 Å². The number of nitrogens with one attached hydrogen (secondary N) is 1. The molecule has 13 nitrogen and oxygen atoms in total. The zero-order valence-electron chi connectivity index (χ0n) is 31.1. The van der Waals surface area contributed by atoms with Crippen molar-refractivity contribution in [2.45, 2.75) is 63.7 Å². The topological polar surface area (TPSA) is 168 Å². The van der Waals surface area contributed by atoms with Crippen LogP contribution in [0.4, 0.5) is 5.82 Å². The minimum absolute atomic E-state index is 0.00373. The van der Waals surface area contributed by atoms with Crippen LogP contribution in [0.1, 0.15) is 57.0 Å². The molecule has 1 fully saturated rings. The number of aliphatic hydroxyl groups is 2. The van der Waals surface area contributed by atoms with Crippen LogP contribution in [0.3, 0.4) is 0 Å². The monoisotopic (exact) mass is 780 g/mol. The predicted octanol–water partition coefficient (Wildman–Crippen LogP) is 6.06. The summed E-state index contributed by atoms with van der Waals surface area (Å²) in [4.78, 5) is 30.4. The van der Waals surface area contributed by atoms with Gasteiger partial charge in [0.1, 0.15) is 53.9 Å². The zero-order chi connectivity index (χ0) is 39.1. The van der Waals surface area contributed by atoms with Gasteiger partial charge in [-0.05, 0) is 60.4 Å². The number of ether oxygens (including phenoxy) is 3. The molecular weight excluding hydrogens is 733 g/mol. The second-order valence-electron chi connectivity index (χ2n) is 13.6. The van der Waals surface area contributed by atoms with Crippen LogP contribution in [0.5, 0.6) is 11.5 Å². The van der Waals surface area contributed by atoms with E-state index in [1.54, 1.807) is 20.3 Å². The summed E-state index contributed by atoms with van der Waals surface area (Å²) in [6.07, 6.45) is -1.92. The van der Waals surface area contributed by atoms with E-state index in [4.69, 9.17) is 23.3 Å². The first kappa shape index (κ1) is 41.0. The number of aromatic nitrogens is 2. The fourth-order valence-electron chi connectivity index (χ4n) is 6.07. The van der Waals surface area contributed by atoms with Gasteiger partial charge in [0.05, 0.1) is 14.2 Å². The molecule has 0 spiro atoms. The number of carbonyl (C=O) groups excluding carboxylic acids is 1. The lowest BCUT2D eigenvalue weighted by Crippen LogP contribution is -2.46. The van der Waals surface area contributed by atoms with Gasteiger partial charge in [0.15, 0.2) is 11.3 Å². The molecule has 0 amide bonds. The second-order valence-corrected chi connectivity index (χ2v) is 15.7. The Bertz CT molecular complexity index is 1890. The lowest BCUT2D eigenvalue weighted by atomic mass is 9.77. The summed E-state index contributed by atoms with van der Waals surface area (Å²) in [6.45, 7) is 6.60. The minimum Gasteiger partial charge on any atom is -0.497 e. The van der Waals surface area contributed by atoms with Gasteiger partial charge in [0.25, 0.3) is 0 Å². The molecule has 0 aliphatic carbocycles. The van der Waals surface area contributed by atoms with Crippen LogP contribution in [0.2, 0.25) is 0 Å². The van der Waals surface area contributed by atoms with Gasteiger partial charge in [0, 0.05) is 21.9 Å². The number of rotatable bonds is 17. The SMILES string of the molecule is CCC(C)(C)C(=O)SCCO[P+](=O)OC[C@H]1O[C@@H](n2ccc(NC(c3ccccc3)(c3ccc(OC)cc3)c3ccc(OC)cc3)nc2=O)C(C)(O)[C@H]1O. The lowest BCUT2D eigenvalue weighted by molar-refractivity contribution is -0.118. The van der Waals surface area contributed by atoms with Crippen molar-refractivity contribution >= 4 is 30.9 Å². The van der Waals surface area contributed by atoms with E-state index in [-0.39, 0.29) is 17.5 Å². The third-order valence-corrected chi connectivity index (χ3v) is 11.6. The molecule has 288 valence electrons. The maximum absolute atomic E-state index is 13.7. The van der Waals surface area contributed by atoms with E-state index < -0.39 is 55.5 Å². The summed E-state index contributed by atoms with van der Waals surface area (Å²) in [5, 5.41) is 25.9. The summed E-state index contributed by atoms with van der Waals surface area (Å²) in [5.74, 6) is 1.85. The number of aliphatic hydroxyl groups excluding tert-OH is 1. The van der Waals surface area contributed by atoms with Crippen molar-refractivity contribution in [2.75, 3.05) is 38.5 Å². The van der Waals surface area contributed by atoms with Gasteiger partial charge in [-0.25, -0.2) is 4.79 Å². The van der Waals surface area contributed by atoms with Crippen LogP contribution in [0, 0.1) is 5.41 Å². The predicted molar refractivity (Wildman–Crippen MR) is 206 cm³/mol. The number of methoxy groups -OCH3 is 2. The largest absolute Gasteiger partial charge is 0.697 e. The fourth-order valence-corrected chi connectivity index (χ4v) is 7.67. The normalized spacial score (nSPS) is 20.4. The first-order chi connectivity index (χ1) is 25.8. The summed E-state index contributed by atoms with van der Waals surface area (Å²) >= 11 is 1.10. The first-order valence-electron chi connectivity index (χ1n) is 17.4. The molecule has 2 unspecified atom stereocenters. The van der Waals surface area contributed by atoms with Gasteiger partial charge in [-0.3, -0.25) is 9.36 Å². The van der Waals surface area contributed by atoms with Gasteiger partial charge >= 0.3 is 13.9 Å². The molecule has 1 aliphatic heterocycles. The Hall–Kier alpha value is -4.14. The first-order valence-corrected chi connectivity index (χ1v) is 19.5. The average Bonchev–Trinajstić information content (AvgIpc) is 3.41. The Morgan fingerprint density at radius 3 is 2.07 bits per heavy atom. The van der Waals surface area contributed by atoms with Crippen molar-refractivity contribution in [1.29, 1.82) is 0 Å². The molecule has 1 aliphatic rings. The molecule has 4 aromatic rings. The maximum atomic E-state index is 13.7. The van der Waals surface area contributed by atoms with Crippen molar-refractivity contribution in [3.63, 3.8) is 0 Å². The van der Waals surface area contributed by atoms with Crippen molar-refractivity contribution in [1.82, 2.24) is 9.55 Å². The van der Waals surface area contributed by atoms with Crippen molar-refractivity contribution in [2.24, 2.45) is 5.41 Å². The summed E-state index contributed by atoms with van der Waals surface area (Å²) in [7, 11) is 0.573. The molecule has 0 radical (unpaired) electrons. The van der Waals surface area contributed by atoms with E-state index in [0.717, 1.165) is 33.0 Å². The molecule has 0 saturated carbocycles. The molecule has 54 heavy (non-hydrogen) atoms. The second kappa shape index (κ2) is 17.5. The van der Waals surface area contributed by atoms with Crippen LogP contribution in [-0.2, 0) is 28.7 Å². The van der Waals surface area contributed by atoms with E-state index in [9.17, 15) is 24.4 Å². The Morgan fingerprint density at radius 1 is 0.963 bits per heavy atom. The van der Waals surface area contributed by atoms with Crippen molar-refractivity contribution in [3.05, 3.63) is 118 Å². The quantitative estimate of drug-likeness (QED) is 0.0643. The maximum Gasteiger partial charge on any atom is 0.697 e. The summed E-state index contributed by atoms with van der Waals surface area (Å²) < 4.78 is 40.8. The highest BCUT2D eigenvalue weighted by Crippen LogP contribution is 2.42.